The number of rotatable bonds is 7. The minimum atomic E-state index is -3.76. The van der Waals surface area contributed by atoms with Gasteiger partial charge in [0.2, 0.25) is 10.0 Å². The molecular formula is C12H16ClNO5S. The van der Waals surface area contributed by atoms with E-state index in [-0.39, 0.29) is 17.9 Å². The van der Waals surface area contributed by atoms with Crippen molar-refractivity contribution < 1.29 is 23.1 Å². The van der Waals surface area contributed by atoms with Crippen LogP contribution in [-0.2, 0) is 19.6 Å². The van der Waals surface area contributed by atoms with Crippen molar-refractivity contribution in [1.29, 1.82) is 0 Å². The summed E-state index contributed by atoms with van der Waals surface area (Å²) in [4.78, 5) is 10.7. The van der Waals surface area contributed by atoms with Crippen LogP contribution in [0.1, 0.15) is 12.0 Å². The fourth-order valence-corrected chi connectivity index (χ4v) is 3.15. The third-order valence-corrected chi connectivity index (χ3v) is 4.72. The number of sulfonamides is 1. The van der Waals surface area contributed by atoms with Crippen LogP contribution in [0.4, 0.5) is 0 Å². The van der Waals surface area contributed by atoms with Crippen molar-refractivity contribution in [2.24, 2.45) is 0 Å². The molecule has 0 aliphatic rings. The fraction of sp³-hybridized carbons (Fsp3) is 0.417. The molecule has 112 valence electrons. The summed E-state index contributed by atoms with van der Waals surface area (Å²) in [5.41, 5.74) is 0.439. The summed E-state index contributed by atoms with van der Waals surface area (Å²) in [5.74, 6) is -1.06. The maximum atomic E-state index is 12.1. The molecule has 8 heteroatoms. The maximum Gasteiger partial charge on any atom is 0.306 e. The van der Waals surface area contributed by atoms with E-state index >= 15 is 0 Å². The van der Waals surface area contributed by atoms with Gasteiger partial charge in [-0.2, -0.15) is 0 Å². The van der Waals surface area contributed by atoms with Gasteiger partial charge in [-0.05, 0) is 24.6 Å². The molecule has 0 bridgehead atoms. The minimum Gasteiger partial charge on any atom is -0.481 e. The predicted octanol–water partition coefficient (Wildman–Crippen LogP) is 1.42. The Kier molecular flexibility index (Phi) is 5.94. The third-order valence-electron chi connectivity index (χ3n) is 2.74. The van der Waals surface area contributed by atoms with Crippen molar-refractivity contribution in [2.75, 3.05) is 13.7 Å². The molecule has 1 aromatic rings. The number of methoxy groups -OCH3 is 1. The summed E-state index contributed by atoms with van der Waals surface area (Å²) in [6.45, 7) is 1.47. The molecule has 0 spiro atoms. The summed E-state index contributed by atoms with van der Waals surface area (Å²) in [7, 11) is -2.44. The van der Waals surface area contributed by atoms with Gasteiger partial charge in [-0.15, -0.1) is 0 Å². The standard InChI is InChI=1S/C12H16ClNO5S/c1-8-10(13)4-3-5-11(8)20(17,18)14-7-9(19-2)6-12(15)16/h3-5,9,14H,6-7H2,1-2H3,(H,15,16). The normalized spacial score (nSPS) is 13.2. The van der Waals surface area contributed by atoms with Gasteiger partial charge in [-0.25, -0.2) is 13.1 Å². The molecule has 0 radical (unpaired) electrons. The Balaban J connectivity index is 2.85. The van der Waals surface area contributed by atoms with Crippen molar-refractivity contribution in [3.63, 3.8) is 0 Å². The van der Waals surface area contributed by atoms with Gasteiger partial charge in [0.1, 0.15) is 0 Å². The van der Waals surface area contributed by atoms with Crippen molar-refractivity contribution in [3.05, 3.63) is 28.8 Å². The summed E-state index contributed by atoms with van der Waals surface area (Å²) in [6.07, 6.45) is -1.02. The number of carbonyl (C=O) groups is 1. The van der Waals surface area contributed by atoms with Crippen LogP contribution in [0.3, 0.4) is 0 Å². The van der Waals surface area contributed by atoms with Gasteiger partial charge >= 0.3 is 5.97 Å². The van der Waals surface area contributed by atoms with E-state index < -0.39 is 22.1 Å². The van der Waals surface area contributed by atoms with Gasteiger partial charge in [0.05, 0.1) is 17.4 Å². The zero-order valence-electron chi connectivity index (χ0n) is 11.1. The molecule has 1 atom stereocenters. The van der Waals surface area contributed by atoms with Crippen LogP contribution in [0.5, 0.6) is 0 Å². The van der Waals surface area contributed by atoms with E-state index in [1.54, 1.807) is 13.0 Å². The van der Waals surface area contributed by atoms with E-state index in [1.807, 2.05) is 0 Å². The van der Waals surface area contributed by atoms with E-state index in [4.69, 9.17) is 21.4 Å². The van der Waals surface area contributed by atoms with Crippen molar-refractivity contribution in [1.82, 2.24) is 4.72 Å². The van der Waals surface area contributed by atoms with Crippen LogP contribution in [0.25, 0.3) is 0 Å². The minimum absolute atomic E-state index is 0.0650. The lowest BCUT2D eigenvalue weighted by Crippen LogP contribution is -2.34. The summed E-state index contributed by atoms with van der Waals surface area (Å²) in [6, 6.07) is 4.57. The quantitative estimate of drug-likeness (QED) is 0.792. The lowest BCUT2D eigenvalue weighted by atomic mass is 10.2. The molecule has 0 saturated carbocycles. The van der Waals surface area contributed by atoms with Crippen molar-refractivity contribution in [2.45, 2.75) is 24.3 Å². The highest BCUT2D eigenvalue weighted by atomic mass is 35.5. The highest BCUT2D eigenvalue weighted by Gasteiger charge is 2.20. The number of halogens is 1. The first-order valence-electron chi connectivity index (χ1n) is 5.77. The van der Waals surface area contributed by atoms with E-state index in [1.165, 1.54) is 19.2 Å². The van der Waals surface area contributed by atoms with Crippen molar-refractivity contribution >= 4 is 27.6 Å². The number of carboxylic acid groups (broad SMARTS) is 1. The Morgan fingerprint density at radius 3 is 2.70 bits per heavy atom. The zero-order chi connectivity index (χ0) is 15.3. The number of benzene rings is 1. The average molecular weight is 322 g/mol. The zero-order valence-corrected chi connectivity index (χ0v) is 12.7. The molecule has 0 aliphatic carbocycles. The van der Waals surface area contributed by atoms with Crippen LogP contribution in [-0.4, -0.2) is 39.3 Å². The molecule has 0 heterocycles. The predicted molar refractivity (Wildman–Crippen MR) is 74.4 cm³/mol. The first-order valence-corrected chi connectivity index (χ1v) is 7.63. The second-order valence-corrected chi connectivity index (χ2v) is 6.31. The molecule has 2 N–H and O–H groups in total. The summed E-state index contributed by atoms with van der Waals surface area (Å²) in [5, 5.41) is 9.02. The number of carboxylic acids is 1. The first kappa shape index (κ1) is 16.9. The van der Waals surface area contributed by atoms with Gasteiger partial charge in [0, 0.05) is 18.7 Å². The molecule has 0 aromatic heterocycles. The second-order valence-electron chi connectivity index (χ2n) is 4.17. The van der Waals surface area contributed by atoms with Crippen LogP contribution in [0.15, 0.2) is 23.1 Å². The molecule has 1 unspecified atom stereocenters. The van der Waals surface area contributed by atoms with Crippen LogP contribution < -0.4 is 4.72 Å². The number of aliphatic carboxylic acids is 1. The Hall–Kier alpha value is -1.15. The van der Waals surface area contributed by atoms with Gasteiger partial charge in [0.25, 0.3) is 0 Å². The molecule has 1 rings (SSSR count). The maximum absolute atomic E-state index is 12.1. The lowest BCUT2D eigenvalue weighted by Gasteiger charge is -2.15. The third kappa shape index (κ3) is 4.45. The van der Waals surface area contributed by atoms with E-state index in [0.29, 0.717) is 10.6 Å². The Morgan fingerprint density at radius 2 is 2.15 bits per heavy atom. The molecule has 0 saturated heterocycles. The Morgan fingerprint density at radius 1 is 1.50 bits per heavy atom. The number of nitrogens with one attached hydrogen (secondary N) is 1. The van der Waals surface area contributed by atoms with Gasteiger partial charge in [-0.1, -0.05) is 17.7 Å². The molecule has 0 amide bonds. The van der Waals surface area contributed by atoms with E-state index in [9.17, 15) is 13.2 Å². The highest BCUT2D eigenvalue weighted by molar-refractivity contribution is 7.89. The smallest absolute Gasteiger partial charge is 0.306 e. The SMILES string of the molecule is COC(CNS(=O)(=O)c1cccc(Cl)c1C)CC(=O)O. The number of hydrogen-bond donors (Lipinski definition) is 2. The molecule has 0 aliphatic heterocycles. The van der Waals surface area contributed by atoms with Crippen LogP contribution in [0, 0.1) is 6.92 Å². The fourth-order valence-electron chi connectivity index (χ4n) is 1.59. The highest BCUT2D eigenvalue weighted by Crippen LogP contribution is 2.22. The summed E-state index contributed by atoms with van der Waals surface area (Å²) >= 11 is 5.88. The van der Waals surface area contributed by atoms with E-state index in [0.717, 1.165) is 0 Å². The molecule has 6 nitrogen and oxygen atoms in total. The van der Waals surface area contributed by atoms with Gasteiger partial charge in [0.15, 0.2) is 0 Å². The monoisotopic (exact) mass is 321 g/mol. The second kappa shape index (κ2) is 7.03. The Bertz CT molecular complexity index is 588. The molecular weight excluding hydrogens is 306 g/mol. The molecule has 20 heavy (non-hydrogen) atoms. The van der Waals surface area contributed by atoms with Crippen LogP contribution in [0.2, 0.25) is 5.02 Å². The molecule has 1 aromatic carbocycles. The summed E-state index contributed by atoms with van der Waals surface area (Å²) < 4.78 is 31.5. The van der Waals surface area contributed by atoms with E-state index in [2.05, 4.69) is 4.72 Å². The first-order chi connectivity index (χ1) is 9.27. The van der Waals surface area contributed by atoms with Crippen molar-refractivity contribution in [3.8, 4) is 0 Å². The topological polar surface area (TPSA) is 92.7 Å². The number of ether oxygens (including phenoxy) is 1. The van der Waals surface area contributed by atoms with Gasteiger partial charge < -0.3 is 9.84 Å². The average Bonchev–Trinajstić information content (AvgIpc) is 2.37. The lowest BCUT2D eigenvalue weighted by molar-refractivity contribution is -0.139. The Labute approximate surface area is 122 Å². The largest absolute Gasteiger partial charge is 0.481 e. The number of hydrogen-bond acceptors (Lipinski definition) is 4. The van der Waals surface area contributed by atoms with Crippen LogP contribution >= 0.6 is 11.6 Å². The molecule has 0 fully saturated rings. The van der Waals surface area contributed by atoms with Gasteiger partial charge in [-0.3, -0.25) is 4.79 Å².